The second-order valence-corrected chi connectivity index (χ2v) is 14.3. The second kappa shape index (κ2) is 9.88. The number of nitrogens with zero attached hydrogens (tertiary/aromatic N) is 2. The van der Waals surface area contributed by atoms with Crippen molar-refractivity contribution in [3.63, 3.8) is 0 Å². The number of fused-ring (bicyclic) bond motifs is 1. The monoisotopic (exact) mass is 610 g/mol. The molecule has 208 valence electrons. The fourth-order valence-electron chi connectivity index (χ4n) is 4.23. The van der Waals surface area contributed by atoms with Crippen molar-refractivity contribution in [3.8, 4) is 5.75 Å². The molecule has 3 N–H and O–H groups in total. The molecule has 13 heteroatoms. The molecule has 4 aromatic rings. The predicted octanol–water partition coefficient (Wildman–Crippen LogP) is 6.10. The first-order chi connectivity index (χ1) is 18.0. The van der Waals surface area contributed by atoms with Crippen LogP contribution >= 0.6 is 23.2 Å². The van der Waals surface area contributed by atoms with Gasteiger partial charge in [-0.15, -0.1) is 0 Å². The Bertz CT molecular complexity index is 1840. The van der Waals surface area contributed by atoms with Gasteiger partial charge in [0.25, 0.3) is 20.0 Å². The van der Waals surface area contributed by atoms with E-state index in [0.29, 0.717) is 27.0 Å². The van der Waals surface area contributed by atoms with E-state index in [-0.39, 0.29) is 27.3 Å². The fourth-order valence-corrected chi connectivity index (χ4v) is 7.28. The minimum Gasteiger partial charge on any atom is -0.504 e. The van der Waals surface area contributed by atoms with Gasteiger partial charge in [0, 0.05) is 22.5 Å². The van der Waals surface area contributed by atoms with Crippen LogP contribution in [0.4, 0.5) is 11.4 Å². The number of imidazole rings is 1. The van der Waals surface area contributed by atoms with Crippen molar-refractivity contribution in [2.45, 2.75) is 49.8 Å². The van der Waals surface area contributed by atoms with Crippen molar-refractivity contribution in [3.05, 3.63) is 69.5 Å². The van der Waals surface area contributed by atoms with Crippen LogP contribution in [-0.4, -0.2) is 31.5 Å². The third-order valence-electron chi connectivity index (χ3n) is 6.32. The second-order valence-electron chi connectivity index (χ2n) is 10.2. The summed E-state index contributed by atoms with van der Waals surface area (Å²) in [4.78, 5) is 3.45. The SMILES string of the molecule is Cc1c(Cl)cccc1NS(=O)(=O)c1cc(S(=O)(=O)Nc2cccc(Cl)c2C)c2c(nc(C(C)(C)C)n2C)c1O. The van der Waals surface area contributed by atoms with Gasteiger partial charge >= 0.3 is 0 Å². The molecule has 3 aromatic carbocycles. The lowest BCUT2D eigenvalue weighted by Crippen LogP contribution is -2.19. The first-order valence-electron chi connectivity index (χ1n) is 11.7. The van der Waals surface area contributed by atoms with Crippen molar-refractivity contribution < 1.29 is 21.9 Å². The number of halogens is 2. The van der Waals surface area contributed by atoms with Gasteiger partial charge in [-0.25, -0.2) is 21.8 Å². The number of anilines is 2. The van der Waals surface area contributed by atoms with Gasteiger partial charge in [0.05, 0.1) is 16.9 Å². The summed E-state index contributed by atoms with van der Waals surface area (Å²) in [5.41, 5.74) is 0.660. The average molecular weight is 612 g/mol. The summed E-state index contributed by atoms with van der Waals surface area (Å²) in [7, 11) is -7.31. The molecule has 4 rings (SSSR count). The Kier molecular flexibility index (Phi) is 7.35. The predicted molar refractivity (Wildman–Crippen MR) is 155 cm³/mol. The average Bonchev–Trinajstić information content (AvgIpc) is 3.18. The van der Waals surface area contributed by atoms with E-state index in [1.165, 1.54) is 6.07 Å². The highest BCUT2D eigenvalue weighted by Gasteiger charge is 2.33. The number of sulfonamides is 2. The van der Waals surface area contributed by atoms with Gasteiger partial charge in [0.2, 0.25) is 0 Å². The van der Waals surface area contributed by atoms with Gasteiger partial charge in [-0.3, -0.25) is 9.44 Å². The molecule has 0 spiro atoms. The van der Waals surface area contributed by atoms with E-state index < -0.39 is 36.1 Å². The summed E-state index contributed by atoms with van der Waals surface area (Å²) >= 11 is 12.3. The number of nitrogens with one attached hydrogen (secondary N) is 2. The zero-order valence-corrected chi connectivity index (χ0v) is 25.2. The lowest BCUT2D eigenvalue weighted by molar-refractivity contribution is 0.463. The normalized spacial score (nSPS) is 12.6. The van der Waals surface area contributed by atoms with Crippen molar-refractivity contribution in [1.29, 1.82) is 0 Å². The van der Waals surface area contributed by atoms with Crippen LogP contribution in [0.15, 0.2) is 52.3 Å². The van der Waals surface area contributed by atoms with Crippen LogP contribution in [0.25, 0.3) is 11.0 Å². The Morgan fingerprint density at radius 3 is 1.77 bits per heavy atom. The topological polar surface area (TPSA) is 130 Å². The smallest absolute Gasteiger partial charge is 0.265 e. The van der Waals surface area contributed by atoms with E-state index in [0.717, 1.165) is 6.07 Å². The largest absolute Gasteiger partial charge is 0.504 e. The number of phenolic OH excluding ortho intramolecular Hbond substituents is 1. The number of phenols is 1. The molecular formula is C26H28Cl2N4O5S2. The molecule has 0 aliphatic heterocycles. The van der Waals surface area contributed by atoms with Gasteiger partial charge in [-0.05, 0) is 55.3 Å². The van der Waals surface area contributed by atoms with Crippen LogP contribution in [0.3, 0.4) is 0 Å². The third kappa shape index (κ3) is 5.28. The van der Waals surface area contributed by atoms with E-state index in [4.69, 9.17) is 23.2 Å². The van der Waals surface area contributed by atoms with Gasteiger partial charge in [-0.2, -0.15) is 0 Å². The number of hydrogen-bond acceptors (Lipinski definition) is 6. The van der Waals surface area contributed by atoms with Crippen molar-refractivity contribution >= 4 is 65.7 Å². The maximum absolute atomic E-state index is 13.8. The number of rotatable bonds is 6. The molecule has 0 fully saturated rings. The standard InChI is InChI=1S/C26H28Cl2N4O5S2/c1-14-16(27)9-7-11-18(14)30-38(34,35)20-13-21(39(36,37)31-19-12-8-10-17(28)15(19)2)24(33)22-23(20)32(6)25(29-22)26(3,4)5/h7-13,30-31,33H,1-6H3. The summed E-state index contributed by atoms with van der Waals surface area (Å²) in [6.07, 6.45) is 0. The first-order valence-corrected chi connectivity index (χ1v) is 15.5. The number of aromatic hydroxyl groups is 1. The van der Waals surface area contributed by atoms with E-state index in [1.54, 1.807) is 55.8 Å². The van der Waals surface area contributed by atoms with Crippen LogP contribution in [0.2, 0.25) is 10.0 Å². The molecule has 1 heterocycles. The molecule has 0 unspecified atom stereocenters. The fraction of sp³-hybridized carbons (Fsp3) is 0.269. The molecule has 0 saturated carbocycles. The molecule has 0 radical (unpaired) electrons. The maximum Gasteiger partial charge on any atom is 0.265 e. The van der Waals surface area contributed by atoms with Gasteiger partial charge in [0.1, 0.15) is 21.1 Å². The van der Waals surface area contributed by atoms with E-state index in [1.807, 2.05) is 20.8 Å². The molecule has 0 saturated heterocycles. The van der Waals surface area contributed by atoms with E-state index in [2.05, 4.69) is 14.4 Å². The third-order valence-corrected chi connectivity index (χ3v) is 9.90. The molecule has 39 heavy (non-hydrogen) atoms. The number of benzene rings is 3. The Hall–Kier alpha value is -2.99. The van der Waals surface area contributed by atoms with Crippen LogP contribution in [0, 0.1) is 13.8 Å². The first kappa shape index (κ1) is 29.0. The molecule has 0 aliphatic rings. The molecule has 0 atom stereocenters. The Balaban J connectivity index is 2.01. The van der Waals surface area contributed by atoms with Crippen molar-refractivity contribution in [2.24, 2.45) is 7.05 Å². The lowest BCUT2D eigenvalue weighted by Gasteiger charge is -2.18. The summed E-state index contributed by atoms with van der Waals surface area (Å²) in [6, 6.07) is 10.4. The van der Waals surface area contributed by atoms with Crippen LogP contribution in [0.1, 0.15) is 37.7 Å². The Morgan fingerprint density at radius 1 is 0.846 bits per heavy atom. The highest BCUT2D eigenvalue weighted by Crippen LogP contribution is 2.40. The zero-order valence-electron chi connectivity index (χ0n) is 22.1. The maximum atomic E-state index is 13.8. The summed E-state index contributed by atoms with van der Waals surface area (Å²) < 4.78 is 61.3. The van der Waals surface area contributed by atoms with Crippen molar-refractivity contribution in [1.82, 2.24) is 9.55 Å². The summed E-state index contributed by atoms with van der Waals surface area (Å²) in [5, 5.41) is 11.9. The number of aryl methyl sites for hydroxylation is 1. The Morgan fingerprint density at radius 2 is 1.31 bits per heavy atom. The van der Waals surface area contributed by atoms with Crippen LogP contribution in [-0.2, 0) is 32.5 Å². The number of aromatic nitrogens is 2. The van der Waals surface area contributed by atoms with Crippen molar-refractivity contribution in [2.75, 3.05) is 9.44 Å². The highest BCUT2D eigenvalue weighted by atomic mass is 35.5. The molecule has 0 bridgehead atoms. The number of hydrogen-bond donors (Lipinski definition) is 3. The van der Waals surface area contributed by atoms with E-state index in [9.17, 15) is 21.9 Å². The zero-order chi connectivity index (χ0) is 29.1. The Labute approximate surface area is 237 Å². The molecule has 1 aromatic heterocycles. The quantitative estimate of drug-likeness (QED) is 0.242. The van der Waals surface area contributed by atoms with Crippen LogP contribution < -0.4 is 9.44 Å². The summed E-state index contributed by atoms with van der Waals surface area (Å²) in [5.74, 6) is -0.238. The van der Waals surface area contributed by atoms with E-state index >= 15 is 0 Å². The molecule has 9 nitrogen and oxygen atoms in total. The van der Waals surface area contributed by atoms with Gasteiger partial charge in [-0.1, -0.05) is 56.1 Å². The minimum atomic E-state index is -4.51. The molecular weight excluding hydrogens is 583 g/mol. The van der Waals surface area contributed by atoms with Gasteiger partial charge < -0.3 is 9.67 Å². The lowest BCUT2D eigenvalue weighted by atomic mass is 9.96. The minimum absolute atomic E-state index is 0.0440. The van der Waals surface area contributed by atoms with Gasteiger partial charge in [0.15, 0.2) is 5.75 Å². The summed E-state index contributed by atoms with van der Waals surface area (Å²) in [6.45, 7) is 8.89. The highest BCUT2D eigenvalue weighted by molar-refractivity contribution is 7.93. The molecule has 0 aliphatic carbocycles. The molecule has 0 amide bonds. The van der Waals surface area contributed by atoms with Crippen LogP contribution in [0.5, 0.6) is 5.75 Å².